The van der Waals surface area contributed by atoms with Crippen molar-refractivity contribution in [3.8, 4) is 0 Å². The van der Waals surface area contributed by atoms with Gasteiger partial charge in [-0.3, -0.25) is 0 Å². The van der Waals surface area contributed by atoms with Crippen LogP contribution < -0.4 is 0 Å². The Hall–Kier alpha value is -2.20. The van der Waals surface area contributed by atoms with Gasteiger partial charge < -0.3 is 0 Å². The molecule has 4 heteroatoms. The normalized spacial score (nSPS) is 12.3. The van der Waals surface area contributed by atoms with Gasteiger partial charge in [0.05, 0.1) is 4.90 Å². The smallest absolute Gasteiger partial charge is 0.199 e. The minimum absolute atomic E-state index is 0.241. The lowest BCUT2D eigenvalue weighted by molar-refractivity contribution is 0.597. The Kier molecular flexibility index (Phi) is 4.70. The molecule has 0 saturated carbocycles. The highest BCUT2D eigenvalue weighted by atomic mass is 32.2. The molecular weight excluding hydrogens is 282 g/mol. The Morgan fingerprint density at radius 1 is 0.952 bits per heavy atom. The summed E-state index contributed by atoms with van der Waals surface area (Å²) in [5, 5.41) is 0. The molecule has 0 spiro atoms. The predicted octanol–water partition coefficient (Wildman–Crippen LogP) is 3.78. The highest BCUT2D eigenvalue weighted by Crippen LogP contribution is 2.16. The molecule has 21 heavy (non-hydrogen) atoms. The first-order chi connectivity index (χ1) is 9.99. The zero-order chi connectivity index (χ0) is 15.3. The van der Waals surface area contributed by atoms with Gasteiger partial charge in [0.15, 0.2) is 0 Å². The third-order valence-corrected chi connectivity index (χ3v) is 4.44. The molecule has 0 radical (unpaired) electrons. The molecule has 0 aliphatic rings. The summed E-state index contributed by atoms with van der Waals surface area (Å²) < 4.78 is 27.8. The maximum atomic E-state index is 12.1. The first-order valence-corrected chi connectivity index (χ1v) is 8.02. The van der Waals surface area contributed by atoms with Crippen LogP contribution in [0.3, 0.4) is 0 Å². The van der Waals surface area contributed by atoms with E-state index in [1.807, 2.05) is 37.3 Å². The molecule has 0 aliphatic heterocycles. The van der Waals surface area contributed by atoms with Gasteiger partial charge in [0.1, 0.15) is 0 Å². The summed E-state index contributed by atoms with van der Waals surface area (Å²) >= 11 is 0. The first kappa shape index (κ1) is 15.2. The number of sulfonamides is 1. The van der Waals surface area contributed by atoms with Crippen LogP contribution in [0.25, 0.3) is 6.08 Å². The number of benzene rings is 2. The summed E-state index contributed by atoms with van der Waals surface area (Å²) in [5.74, 6) is 0. The van der Waals surface area contributed by atoms with Crippen LogP contribution in [0.2, 0.25) is 0 Å². The SMILES string of the molecule is Cc1ccc(/C=C/C=N/S(=O)(=O)c2ccccc2C)cc1. The number of hydrogen-bond donors (Lipinski definition) is 0. The number of allylic oxidation sites excluding steroid dienone is 1. The fourth-order valence-electron chi connectivity index (χ4n) is 1.85. The number of hydrogen-bond acceptors (Lipinski definition) is 2. The van der Waals surface area contributed by atoms with E-state index in [0.717, 1.165) is 5.56 Å². The Morgan fingerprint density at radius 3 is 2.29 bits per heavy atom. The lowest BCUT2D eigenvalue weighted by Gasteiger charge is -2.01. The van der Waals surface area contributed by atoms with Crippen molar-refractivity contribution >= 4 is 22.3 Å². The van der Waals surface area contributed by atoms with Crippen LogP contribution in [0.4, 0.5) is 0 Å². The van der Waals surface area contributed by atoms with Crippen molar-refractivity contribution in [1.82, 2.24) is 0 Å². The van der Waals surface area contributed by atoms with Gasteiger partial charge in [-0.15, -0.1) is 0 Å². The van der Waals surface area contributed by atoms with Gasteiger partial charge in [0.2, 0.25) is 0 Å². The standard InChI is InChI=1S/C17H17NO2S/c1-14-9-11-16(12-10-14)7-5-13-18-21(19,20)17-8-4-3-6-15(17)2/h3-13H,1-2H3/b7-5+,18-13+. The van der Waals surface area contributed by atoms with E-state index in [2.05, 4.69) is 4.40 Å². The van der Waals surface area contributed by atoms with E-state index >= 15 is 0 Å². The fourth-order valence-corrected chi connectivity index (χ4v) is 2.92. The molecule has 0 atom stereocenters. The Labute approximate surface area is 125 Å². The van der Waals surface area contributed by atoms with E-state index in [4.69, 9.17) is 0 Å². The second-order valence-electron chi connectivity index (χ2n) is 4.76. The highest BCUT2D eigenvalue weighted by molar-refractivity contribution is 7.90. The van der Waals surface area contributed by atoms with Crippen LogP contribution in [0.1, 0.15) is 16.7 Å². The molecule has 2 aromatic carbocycles. The molecule has 0 aromatic heterocycles. The van der Waals surface area contributed by atoms with E-state index in [0.29, 0.717) is 5.56 Å². The Balaban J connectivity index is 2.14. The molecule has 0 unspecified atom stereocenters. The van der Waals surface area contributed by atoms with Gasteiger partial charge in [-0.25, -0.2) is 0 Å². The first-order valence-electron chi connectivity index (χ1n) is 6.58. The quantitative estimate of drug-likeness (QED) is 0.807. The van der Waals surface area contributed by atoms with Crippen molar-refractivity contribution in [2.75, 3.05) is 0 Å². The zero-order valence-electron chi connectivity index (χ0n) is 12.0. The lowest BCUT2D eigenvalue weighted by atomic mass is 10.1. The van der Waals surface area contributed by atoms with Crippen LogP contribution in [-0.4, -0.2) is 14.6 Å². The second kappa shape index (κ2) is 6.50. The molecule has 108 valence electrons. The van der Waals surface area contributed by atoms with Crippen molar-refractivity contribution in [3.05, 3.63) is 71.3 Å². The molecule has 0 bridgehead atoms. The Morgan fingerprint density at radius 2 is 1.62 bits per heavy atom. The maximum Gasteiger partial charge on any atom is 0.282 e. The summed E-state index contributed by atoms with van der Waals surface area (Å²) in [6.45, 7) is 3.77. The third kappa shape index (κ3) is 4.13. The van der Waals surface area contributed by atoms with Crippen LogP contribution in [0.15, 0.2) is 63.9 Å². The van der Waals surface area contributed by atoms with Gasteiger partial charge in [-0.05, 0) is 37.1 Å². The largest absolute Gasteiger partial charge is 0.282 e. The minimum Gasteiger partial charge on any atom is -0.199 e. The summed E-state index contributed by atoms with van der Waals surface area (Å²) in [6.07, 6.45) is 4.75. The van der Waals surface area contributed by atoms with Crippen molar-refractivity contribution in [3.63, 3.8) is 0 Å². The fraction of sp³-hybridized carbons (Fsp3) is 0.118. The molecule has 0 amide bonds. The third-order valence-electron chi connectivity index (χ3n) is 3.02. The van der Waals surface area contributed by atoms with E-state index in [1.54, 1.807) is 37.3 Å². The molecule has 0 saturated heterocycles. The summed E-state index contributed by atoms with van der Waals surface area (Å²) in [5.41, 5.74) is 2.88. The van der Waals surface area contributed by atoms with Crippen LogP contribution in [-0.2, 0) is 10.0 Å². The van der Waals surface area contributed by atoms with E-state index < -0.39 is 10.0 Å². The zero-order valence-corrected chi connectivity index (χ0v) is 12.8. The van der Waals surface area contributed by atoms with Gasteiger partial charge in [-0.2, -0.15) is 12.8 Å². The average molecular weight is 299 g/mol. The maximum absolute atomic E-state index is 12.1. The number of aryl methyl sites for hydroxylation is 2. The molecule has 0 fully saturated rings. The summed E-state index contributed by atoms with van der Waals surface area (Å²) in [4.78, 5) is 0.241. The van der Waals surface area contributed by atoms with Gasteiger partial charge in [0, 0.05) is 6.21 Å². The summed E-state index contributed by atoms with van der Waals surface area (Å²) in [6, 6.07) is 14.7. The molecule has 0 heterocycles. The monoisotopic (exact) mass is 299 g/mol. The van der Waals surface area contributed by atoms with E-state index in [-0.39, 0.29) is 4.90 Å². The highest BCUT2D eigenvalue weighted by Gasteiger charge is 2.13. The minimum atomic E-state index is -3.63. The number of nitrogens with zero attached hydrogens (tertiary/aromatic N) is 1. The molecule has 0 aliphatic carbocycles. The van der Waals surface area contributed by atoms with Gasteiger partial charge >= 0.3 is 0 Å². The van der Waals surface area contributed by atoms with E-state index in [1.165, 1.54) is 11.8 Å². The van der Waals surface area contributed by atoms with Crippen LogP contribution in [0, 0.1) is 13.8 Å². The van der Waals surface area contributed by atoms with Crippen LogP contribution >= 0.6 is 0 Å². The Bertz CT molecular complexity index is 773. The molecule has 0 N–H and O–H groups in total. The molecular formula is C17H17NO2S. The van der Waals surface area contributed by atoms with Crippen molar-refractivity contribution in [2.45, 2.75) is 18.7 Å². The molecule has 2 rings (SSSR count). The van der Waals surface area contributed by atoms with Crippen molar-refractivity contribution < 1.29 is 8.42 Å². The van der Waals surface area contributed by atoms with Gasteiger partial charge in [0.25, 0.3) is 10.0 Å². The van der Waals surface area contributed by atoms with E-state index in [9.17, 15) is 8.42 Å². The van der Waals surface area contributed by atoms with Gasteiger partial charge in [-0.1, -0.05) is 54.1 Å². The lowest BCUT2D eigenvalue weighted by Crippen LogP contribution is -1.99. The summed E-state index contributed by atoms with van der Waals surface area (Å²) in [7, 11) is -3.63. The second-order valence-corrected chi connectivity index (χ2v) is 6.37. The number of rotatable bonds is 4. The molecule has 3 nitrogen and oxygen atoms in total. The molecule has 2 aromatic rings. The average Bonchev–Trinajstić information content (AvgIpc) is 2.46. The topological polar surface area (TPSA) is 46.5 Å². The van der Waals surface area contributed by atoms with Crippen LogP contribution in [0.5, 0.6) is 0 Å². The predicted molar refractivity (Wildman–Crippen MR) is 87.1 cm³/mol. The van der Waals surface area contributed by atoms with Crippen molar-refractivity contribution in [2.24, 2.45) is 4.40 Å². The van der Waals surface area contributed by atoms with Crippen molar-refractivity contribution in [1.29, 1.82) is 0 Å².